The number of ether oxygens (including phenoxy) is 1. The van der Waals surface area contributed by atoms with E-state index in [1.165, 1.54) is 47.6 Å². The van der Waals surface area contributed by atoms with Crippen LogP contribution >= 0.6 is 24.0 Å². The summed E-state index contributed by atoms with van der Waals surface area (Å²) in [4.78, 5) is 22.4. The van der Waals surface area contributed by atoms with Crippen molar-refractivity contribution < 1.29 is 35.9 Å². The first-order chi connectivity index (χ1) is 22.2. The molecule has 3 aromatic carbocycles. The molecule has 0 saturated carbocycles. The average molecular weight is 692 g/mol. The molecule has 0 unspecified atom stereocenters. The first-order valence-corrected chi connectivity index (χ1v) is 15.0. The summed E-state index contributed by atoms with van der Waals surface area (Å²) in [5.41, 5.74) is 4.16. The van der Waals surface area contributed by atoms with Gasteiger partial charge in [0.25, 0.3) is 0 Å². The molecule has 2 heterocycles. The van der Waals surface area contributed by atoms with E-state index < -0.39 is 24.0 Å². The van der Waals surface area contributed by atoms with Gasteiger partial charge in [0.2, 0.25) is 11.0 Å². The predicted octanol–water partition coefficient (Wildman–Crippen LogP) is 7.32. The molecule has 0 spiro atoms. The van der Waals surface area contributed by atoms with Crippen LogP contribution in [-0.2, 0) is 11.0 Å². The third-order valence-electron chi connectivity index (χ3n) is 6.55. The zero-order chi connectivity index (χ0) is 33.9. The minimum atomic E-state index is -4.79. The summed E-state index contributed by atoms with van der Waals surface area (Å²) in [5, 5.41) is 8.45. The van der Waals surface area contributed by atoms with E-state index in [0.717, 1.165) is 28.8 Å². The zero-order valence-corrected chi connectivity index (χ0v) is 26.0. The molecule has 1 aromatic heterocycles. The van der Waals surface area contributed by atoms with Gasteiger partial charge in [-0.25, -0.2) is 9.67 Å². The normalized spacial score (nSPS) is 14.9. The lowest BCUT2D eigenvalue weighted by atomic mass is 9.98. The number of hydrogen-bond donors (Lipinski definition) is 1. The lowest BCUT2D eigenvalue weighted by molar-refractivity contribution is -0.274. The molecule has 5 rings (SSSR count). The van der Waals surface area contributed by atoms with E-state index in [1.807, 2.05) is 13.8 Å². The Morgan fingerprint density at radius 3 is 2.38 bits per heavy atom. The Morgan fingerprint density at radius 1 is 1.04 bits per heavy atom. The van der Waals surface area contributed by atoms with Crippen LogP contribution in [0.25, 0.3) is 17.1 Å². The van der Waals surface area contributed by atoms with Gasteiger partial charge in [0, 0.05) is 5.56 Å². The van der Waals surface area contributed by atoms with E-state index in [9.17, 15) is 31.1 Å². The largest absolute Gasteiger partial charge is 0.573 e. The quantitative estimate of drug-likeness (QED) is 0.0939. The zero-order valence-electron chi connectivity index (χ0n) is 24.4. The van der Waals surface area contributed by atoms with E-state index >= 15 is 0 Å². The van der Waals surface area contributed by atoms with E-state index in [4.69, 9.17) is 12.2 Å². The van der Waals surface area contributed by atoms with Crippen LogP contribution in [0.15, 0.2) is 83.2 Å². The number of thiocarbonyl (C=S) groups is 1. The number of hydrazone groups is 1. The van der Waals surface area contributed by atoms with Crippen molar-refractivity contribution in [2.45, 2.75) is 32.3 Å². The Kier molecular flexibility index (Phi) is 9.67. The van der Waals surface area contributed by atoms with Gasteiger partial charge in [-0.05, 0) is 65.7 Å². The van der Waals surface area contributed by atoms with Crippen molar-refractivity contribution in [1.29, 1.82) is 0 Å². The van der Waals surface area contributed by atoms with Gasteiger partial charge in [-0.1, -0.05) is 55.9 Å². The van der Waals surface area contributed by atoms with Crippen molar-refractivity contribution in [2.24, 2.45) is 10.1 Å². The summed E-state index contributed by atoms with van der Waals surface area (Å²) in [6.07, 6.45) is -6.50. The van der Waals surface area contributed by atoms with Gasteiger partial charge in [0.05, 0.1) is 28.9 Å². The van der Waals surface area contributed by atoms with Crippen LogP contribution in [-0.4, -0.2) is 49.3 Å². The number of rotatable bonds is 7. The van der Waals surface area contributed by atoms with E-state index in [-0.39, 0.29) is 33.4 Å². The molecule has 0 aliphatic carbocycles. The maximum absolute atomic E-state index is 13.5. The summed E-state index contributed by atoms with van der Waals surface area (Å²) < 4.78 is 82.9. The van der Waals surface area contributed by atoms with Gasteiger partial charge in [-0.3, -0.25) is 15.1 Å². The van der Waals surface area contributed by atoms with E-state index in [0.29, 0.717) is 28.2 Å². The molecule has 0 radical (unpaired) electrons. The molecule has 1 amide bonds. The number of amidine groups is 1. The monoisotopic (exact) mass is 691 g/mol. The lowest BCUT2D eigenvalue weighted by Gasteiger charge is -2.23. The van der Waals surface area contributed by atoms with Gasteiger partial charge in [0.15, 0.2) is 11.0 Å². The number of anilines is 1. The average Bonchev–Trinajstić information content (AvgIpc) is 3.63. The Bertz CT molecular complexity index is 1840. The molecule has 0 bridgehead atoms. The summed E-state index contributed by atoms with van der Waals surface area (Å²) >= 11 is 6.31. The highest BCUT2D eigenvalue weighted by Crippen LogP contribution is 2.38. The fraction of sp³-hybridized carbons (Fsp3) is 0.200. The van der Waals surface area contributed by atoms with Crippen molar-refractivity contribution in [3.8, 4) is 22.8 Å². The molecular weight excluding hydrogens is 668 g/mol. The third kappa shape index (κ3) is 8.34. The minimum Gasteiger partial charge on any atom is -0.406 e. The van der Waals surface area contributed by atoms with Crippen molar-refractivity contribution >= 4 is 52.1 Å². The molecular formula is C30H23F6N7O2S2. The van der Waals surface area contributed by atoms with Crippen LogP contribution in [0, 0.1) is 0 Å². The second kappa shape index (κ2) is 13.5. The molecule has 1 saturated heterocycles. The number of amides is 1. The number of nitrogens with one attached hydrogen (secondary N) is 1. The Labute approximate surface area is 273 Å². The Hall–Kier alpha value is -4.77. The number of aromatic nitrogens is 3. The lowest BCUT2D eigenvalue weighted by Crippen LogP contribution is -2.32. The number of halogens is 6. The third-order valence-corrected chi connectivity index (χ3v) is 7.66. The molecule has 17 heteroatoms. The van der Waals surface area contributed by atoms with Crippen LogP contribution in [0.3, 0.4) is 0 Å². The number of alkyl halides is 6. The molecule has 9 nitrogen and oxygen atoms in total. The van der Waals surface area contributed by atoms with Crippen molar-refractivity contribution in [3.05, 3.63) is 89.7 Å². The number of aliphatic imine (C=N–C) groups is 1. The number of hydrogen-bond acceptors (Lipinski definition) is 7. The molecule has 47 heavy (non-hydrogen) atoms. The molecule has 0 atom stereocenters. The summed E-state index contributed by atoms with van der Waals surface area (Å²) in [7, 11) is 0. The second-order valence-corrected chi connectivity index (χ2v) is 11.5. The second-order valence-electron chi connectivity index (χ2n) is 10.2. The fourth-order valence-electron chi connectivity index (χ4n) is 4.40. The van der Waals surface area contributed by atoms with E-state index in [1.54, 1.807) is 24.3 Å². The predicted molar refractivity (Wildman–Crippen MR) is 170 cm³/mol. The van der Waals surface area contributed by atoms with E-state index in [2.05, 4.69) is 30.3 Å². The van der Waals surface area contributed by atoms with Crippen molar-refractivity contribution in [1.82, 2.24) is 20.2 Å². The van der Waals surface area contributed by atoms with Crippen LogP contribution in [0.4, 0.5) is 32.0 Å². The number of nitrogens with zero attached hydrogens (tertiary/aromatic N) is 6. The maximum Gasteiger partial charge on any atom is 0.573 e. The minimum absolute atomic E-state index is 0.0128. The van der Waals surface area contributed by atoms with Crippen LogP contribution in [0.1, 0.15) is 36.5 Å². The van der Waals surface area contributed by atoms with Crippen LogP contribution < -0.4 is 15.1 Å². The Morgan fingerprint density at radius 2 is 1.74 bits per heavy atom. The smallest absolute Gasteiger partial charge is 0.406 e. The molecule has 1 N–H and O–H groups in total. The maximum atomic E-state index is 13.5. The highest BCUT2D eigenvalue weighted by atomic mass is 32.2. The SMILES string of the molecule is CC(C)c1ccc(C(F)(F)F)cc1N1C(=O)CSC1=NC(=S)N/N=C/c1ccc(-c2ncn(-c3ccc(OC(F)(F)F)cc3)n2)cc1. The van der Waals surface area contributed by atoms with Gasteiger partial charge < -0.3 is 4.74 Å². The fourth-order valence-corrected chi connectivity index (χ4v) is 5.46. The molecule has 1 aliphatic heterocycles. The molecule has 4 aromatic rings. The van der Waals surface area contributed by atoms with Gasteiger partial charge in [0.1, 0.15) is 12.1 Å². The highest BCUT2D eigenvalue weighted by molar-refractivity contribution is 8.15. The highest BCUT2D eigenvalue weighted by Gasteiger charge is 2.36. The van der Waals surface area contributed by atoms with Gasteiger partial charge >= 0.3 is 12.5 Å². The first-order valence-electron chi connectivity index (χ1n) is 13.6. The van der Waals surface area contributed by atoms with Crippen LogP contribution in [0.5, 0.6) is 5.75 Å². The summed E-state index contributed by atoms with van der Waals surface area (Å²) in [6.45, 7) is 3.63. The summed E-state index contributed by atoms with van der Waals surface area (Å²) in [5.74, 6) is -0.586. The number of carbonyl (C=O) groups is 1. The van der Waals surface area contributed by atoms with Gasteiger partial charge in [-0.2, -0.15) is 23.3 Å². The van der Waals surface area contributed by atoms with Crippen molar-refractivity contribution in [2.75, 3.05) is 10.7 Å². The molecule has 1 fully saturated rings. The van der Waals surface area contributed by atoms with Gasteiger partial charge in [-0.15, -0.1) is 18.3 Å². The first kappa shape index (κ1) is 33.6. The number of thioether (sulfide) groups is 1. The topological polar surface area (TPSA) is 97.0 Å². The number of carbonyl (C=O) groups excluding carboxylic acids is 1. The Balaban J connectivity index is 1.24. The number of benzene rings is 3. The van der Waals surface area contributed by atoms with Crippen molar-refractivity contribution in [3.63, 3.8) is 0 Å². The standard InChI is InChI=1S/C30H23F6N7O2S2/c1-17(2)23-12-7-20(29(31,32)33)13-24(23)43-25(44)15-47-28(43)39-27(46)40-38-14-18-3-5-19(6-4-18)26-37-16-42(41-26)21-8-10-22(11-9-21)45-30(34,35)36/h3-14,16-17H,15H2,1-2H3,(H,40,46)/b38-14+,39-28?. The summed E-state index contributed by atoms with van der Waals surface area (Å²) in [6, 6.07) is 15.4. The molecule has 1 aliphatic rings. The van der Waals surface area contributed by atoms with Crippen LogP contribution in [0.2, 0.25) is 0 Å². The molecule has 244 valence electrons.